The van der Waals surface area contributed by atoms with Gasteiger partial charge in [-0.1, -0.05) is 34.4 Å². The largest absolute Gasteiger partial charge is 0.392 e. The molecule has 0 aliphatic rings. The van der Waals surface area contributed by atoms with E-state index in [0.29, 0.717) is 11.3 Å². The fourth-order valence-corrected chi connectivity index (χ4v) is 3.52. The lowest BCUT2D eigenvalue weighted by Crippen LogP contribution is -2.52. The van der Waals surface area contributed by atoms with Crippen molar-refractivity contribution in [3.8, 4) is 0 Å². The second kappa shape index (κ2) is 14.9. The third-order valence-electron chi connectivity index (χ3n) is 5.17. The number of amides is 4. The molecule has 2 rings (SSSR count). The molecule has 0 aliphatic heterocycles. The van der Waals surface area contributed by atoms with Crippen LogP contribution < -0.4 is 26.6 Å². The highest BCUT2D eigenvalue weighted by molar-refractivity contribution is 7.39. The van der Waals surface area contributed by atoms with E-state index in [1.165, 1.54) is 29.1 Å². The van der Waals surface area contributed by atoms with Crippen molar-refractivity contribution in [2.75, 3.05) is 25.5 Å². The van der Waals surface area contributed by atoms with Crippen molar-refractivity contribution in [2.45, 2.75) is 39.6 Å². The molecule has 0 saturated carbocycles. The van der Waals surface area contributed by atoms with Gasteiger partial charge in [0.05, 0.1) is 32.4 Å². The van der Waals surface area contributed by atoms with E-state index in [1.807, 2.05) is 9.24 Å². The molecule has 38 heavy (non-hydrogen) atoms. The van der Waals surface area contributed by atoms with Crippen molar-refractivity contribution in [1.82, 2.24) is 36.3 Å². The van der Waals surface area contributed by atoms with Crippen LogP contribution in [0.25, 0.3) is 0 Å². The van der Waals surface area contributed by atoms with Crippen molar-refractivity contribution < 1.29 is 29.1 Å². The maximum atomic E-state index is 12.8. The molecule has 1 aromatic heterocycles. The number of carbonyl (C=O) groups is 5. The van der Waals surface area contributed by atoms with E-state index >= 15 is 0 Å². The number of nitrogens with zero attached hydrogens (tertiary/aromatic N) is 3. The lowest BCUT2D eigenvalue weighted by atomic mass is 10.0. The molecule has 1 heterocycles. The van der Waals surface area contributed by atoms with E-state index in [9.17, 15) is 29.1 Å². The summed E-state index contributed by atoms with van der Waals surface area (Å²) in [5.74, 6) is -2.13. The van der Waals surface area contributed by atoms with Crippen LogP contribution in [-0.2, 0) is 38.9 Å². The minimum Gasteiger partial charge on any atom is -0.392 e. The van der Waals surface area contributed by atoms with Gasteiger partial charge in [0.2, 0.25) is 17.7 Å². The Morgan fingerprint density at radius 1 is 1.08 bits per heavy atom. The minimum absolute atomic E-state index is 0.0270. The Labute approximate surface area is 221 Å². The SMILES string of the molecule is CNCC(=O)NC(C(=O)NCC(=O)Nc1ccc(CO)c(C(=O)NCc2cn(CC(=O)P)nn2)c1)C(C)C. The van der Waals surface area contributed by atoms with Gasteiger partial charge in [-0.05, 0) is 30.7 Å². The Bertz CT molecular complexity index is 1170. The van der Waals surface area contributed by atoms with Crippen molar-refractivity contribution in [3.05, 3.63) is 41.2 Å². The Morgan fingerprint density at radius 2 is 1.82 bits per heavy atom. The summed E-state index contributed by atoms with van der Waals surface area (Å²) in [6.07, 6.45) is 1.52. The number of nitrogens with one attached hydrogen (secondary N) is 5. The number of hydrogen-bond donors (Lipinski definition) is 6. The number of aliphatic hydroxyl groups excluding tert-OH is 1. The zero-order chi connectivity index (χ0) is 28.2. The summed E-state index contributed by atoms with van der Waals surface area (Å²) >= 11 is 0. The van der Waals surface area contributed by atoms with Gasteiger partial charge in [-0.15, -0.1) is 5.10 Å². The maximum absolute atomic E-state index is 12.8. The highest BCUT2D eigenvalue weighted by Gasteiger charge is 2.24. The molecule has 2 atom stereocenters. The summed E-state index contributed by atoms with van der Waals surface area (Å²) in [6, 6.07) is 3.60. The van der Waals surface area contributed by atoms with E-state index in [-0.39, 0.29) is 54.8 Å². The molecule has 0 saturated heterocycles. The van der Waals surface area contributed by atoms with Crippen LogP contribution in [0.4, 0.5) is 5.69 Å². The second-order valence-corrected chi connectivity index (χ2v) is 9.32. The second-order valence-electron chi connectivity index (χ2n) is 8.67. The number of rotatable bonds is 14. The van der Waals surface area contributed by atoms with Gasteiger partial charge in [-0.3, -0.25) is 24.0 Å². The van der Waals surface area contributed by atoms with Crippen LogP contribution in [0, 0.1) is 5.92 Å². The maximum Gasteiger partial charge on any atom is 0.252 e. The summed E-state index contributed by atoms with van der Waals surface area (Å²) in [7, 11) is 3.65. The Balaban J connectivity index is 1.98. The van der Waals surface area contributed by atoms with Crippen LogP contribution in [0.3, 0.4) is 0 Å². The van der Waals surface area contributed by atoms with Crippen LogP contribution in [0.1, 0.15) is 35.5 Å². The molecular formula is C23H33N8O6P. The van der Waals surface area contributed by atoms with Gasteiger partial charge in [-0.2, -0.15) is 0 Å². The molecule has 4 amide bonds. The minimum atomic E-state index is -0.814. The number of likely N-dealkylation sites (N-methyl/N-ethyl adjacent to an activating group) is 1. The van der Waals surface area contributed by atoms with Gasteiger partial charge >= 0.3 is 0 Å². The lowest BCUT2D eigenvalue weighted by Gasteiger charge is -2.21. The molecule has 2 unspecified atom stereocenters. The molecular weight excluding hydrogens is 515 g/mol. The first-order valence-electron chi connectivity index (χ1n) is 11.7. The molecule has 6 N–H and O–H groups in total. The third-order valence-corrected chi connectivity index (χ3v) is 5.35. The Kier molecular flexibility index (Phi) is 11.9. The monoisotopic (exact) mass is 548 g/mol. The number of aromatic nitrogens is 3. The molecule has 0 fully saturated rings. The summed E-state index contributed by atoms with van der Waals surface area (Å²) < 4.78 is 1.34. The lowest BCUT2D eigenvalue weighted by molar-refractivity contribution is -0.130. The molecule has 206 valence electrons. The van der Waals surface area contributed by atoms with E-state index < -0.39 is 30.4 Å². The fourth-order valence-electron chi connectivity index (χ4n) is 3.33. The first-order valence-corrected chi connectivity index (χ1v) is 12.3. The zero-order valence-electron chi connectivity index (χ0n) is 21.4. The average Bonchev–Trinajstić information content (AvgIpc) is 3.30. The normalized spacial score (nSPS) is 11.5. The van der Waals surface area contributed by atoms with E-state index in [2.05, 4.69) is 36.9 Å². The molecule has 2 aromatic rings. The van der Waals surface area contributed by atoms with Crippen LogP contribution in [0.15, 0.2) is 24.4 Å². The van der Waals surface area contributed by atoms with Gasteiger partial charge in [0, 0.05) is 11.3 Å². The van der Waals surface area contributed by atoms with Crippen molar-refractivity contribution in [3.63, 3.8) is 0 Å². The van der Waals surface area contributed by atoms with Crippen molar-refractivity contribution in [1.29, 1.82) is 0 Å². The predicted octanol–water partition coefficient (Wildman–Crippen LogP) is -1.48. The van der Waals surface area contributed by atoms with Crippen LogP contribution in [0.2, 0.25) is 0 Å². The fraction of sp³-hybridized carbons (Fsp3) is 0.435. The predicted molar refractivity (Wildman–Crippen MR) is 141 cm³/mol. The smallest absolute Gasteiger partial charge is 0.252 e. The Hall–Kier alpha value is -3.74. The van der Waals surface area contributed by atoms with Gasteiger partial charge < -0.3 is 31.7 Å². The summed E-state index contributed by atoms with van der Waals surface area (Å²) in [5.41, 5.74) is 1.00. The summed E-state index contributed by atoms with van der Waals surface area (Å²) in [4.78, 5) is 60.7. The summed E-state index contributed by atoms with van der Waals surface area (Å²) in [5, 5.41) is 30.4. The third kappa shape index (κ3) is 9.61. The summed E-state index contributed by atoms with van der Waals surface area (Å²) in [6.45, 7) is 2.89. The highest BCUT2D eigenvalue weighted by Crippen LogP contribution is 2.17. The molecule has 0 spiro atoms. The topological polar surface area (TPSA) is 196 Å². The molecule has 1 aromatic carbocycles. The number of carbonyl (C=O) groups excluding carboxylic acids is 5. The Morgan fingerprint density at radius 3 is 2.45 bits per heavy atom. The van der Waals surface area contributed by atoms with Gasteiger partial charge in [-0.25, -0.2) is 4.68 Å². The molecule has 0 radical (unpaired) electrons. The number of benzene rings is 1. The van der Waals surface area contributed by atoms with Gasteiger partial charge in [0.1, 0.15) is 18.3 Å². The van der Waals surface area contributed by atoms with Gasteiger partial charge in [0.25, 0.3) is 5.91 Å². The van der Waals surface area contributed by atoms with Gasteiger partial charge in [0.15, 0.2) is 5.52 Å². The highest BCUT2D eigenvalue weighted by atomic mass is 31.0. The average molecular weight is 549 g/mol. The first kappa shape index (κ1) is 30.5. The quantitative estimate of drug-likeness (QED) is 0.153. The number of anilines is 1. The molecule has 0 aliphatic carbocycles. The van der Waals surface area contributed by atoms with Crippen molar-refractivity contribution >= 4 is 44.1 Å². The first-order chi connectivity index (χ1) is 18.0. The molecule has 14 nitrogen and oxygen atoms in total. The van der Waals surface area contributed by atoms with E-state index in [4.69, 9.17) is 0 Å². The van der Waals surface area contributed by atoms with E-state index in [1.54, 1.807) is 20.9 Å². The van der Waals surface area contributed by atoms with Crippen LogP contribution in [0.5, 0.6) is 0 Å². The zero-order valence-corrected chi connectivity index (χ0v) is 22.6. The van der Waals surface area contributed by atoms with E-state index in [0.717, 1.165) is 0 Å². The number of aliphatic hydroxyl groups is 1. The van der Waals surface area contributed by atoms with Crippen molar-refractivity contribution in [2.24, 2.45) is 5.92 Å². The van der Waals surface area contributed by atoms with Crippen LogP contribution >= 0.6 is 9.24 Å². The molecule has 0 bridgehead atoms. The standard InChI is InChI=1S/C23H33N8O6P/c1-13(2)21(28-18(33)8-24-3)23(37)26-9-19(34)27-15-5-4-14(12-32)17(6-15)22(36)25-7-16-10-31(30-29-16)11-20(35)38/h4-6,10,13,21,24,32H,7-9,11-12,38H2,1-3H3,(H,25,36)(H,26,37)(H,27,34)(H,28,33). The molecule has 15 heteroatoms. The van der Waals surface area contributed by atoms with Crippen LogP contribution in [-0.4, -0.2) is 75.4 Å². The number of hydrogen-bond acceptors (Lipinski definition) is 9.